The lowest BCUT2D eigenvalue weighted by Gasteiger charge is -2.15. The number of hydrogen-bond donors (Lipinski definition) is 2. The van der Waals surface area contributed by atoms with E-state index in [1.165, 1.54) is 31.5 Å². The third-order valence-corrected chi connectivity index (χ3v) is 3.27. The van der Waals surface area contributed by atoms with Crippen molar-refractivity contribution in [2.45, 2.75) is 25.9 Å². The first-order chi connectivity index (χ1) is 8.78. The van der Waals surface area contributed by atoms with Crippen LogP contribution in [0, 0.1) is 0 Å². The number of nitrogens with one attached hydrogen (secondary N) is 1. The summed E-state index contributed by atoms with van der Waals surface area (Å²) in [4.78, 5) is 13.6. The van der Waals surface area contributed by atoms with Crippen LogP contribution in [0.4, 0.5) is 0 Å². The molecule has 1 heterocycles. The summed E-state index contributed by atoms with van der Waals surface area (Å²) in [5.74, 6) is -0.111. The van der Waals surface area contributed by atoms with Gasteiger partial charge in [0.1, 0.15) is 0 Å². The van der Waals surface area contributed by atoms with Gasteiger partial charge in [0.15, 0.2) is 0 Å². The second-order valence-electron chi connectivity index (χ2n) is 4.78. The quantitative estimate of drug-likeness (QED) is 0.868. The van der Waals surface area contributed by atoms with Gasteiger partial charge in [-0.25, -0.2) is 0 Å². The Morgan fingerprint density at radius 1 is 1.20 bits per heavy atom. The van der Waals surface area contributed by atoms with Crippen LogP contribution in [0.15, 0.2) is 24.3 Å². The summed E-state index contributed by atoms with van der Waals surface area (Å²) >= 11 is 0. The van der Waals surface area contributed by atoms with Crippen molar-refractivity contribution in [1.82, 2.24) is 10.2 Å². The standard InChI is InChI=1S/C14H21N3O.2ClH/c15-9-14(18)16-10-12-4-3-5-13(8-12)11-17-6-1-2-7-17;;/h3-5,8H,1-2,6-7,9-11,15H2,(H,16,18);2*1H. The lowest BCUT2D eigenvalue weighted by molar-refractivity contribution is -0.119. The van der Waals surface area contributed by atoms with Gasteiger partial charge in [-0.05, 0) is 37.1 Å². The van der Waals surface area contributed by atoms with E-state index in [0.717, 1.165) is 12.1 Å². The van der Waals surface area contributed by atoms with Crippen LogP contribution in [-0.4, -0.2) is 30.4 Å². The molecule has 0 unspecified atom stereocenters. The number of carbonyl (C=O) groups is 1. The van der Waals surface area contributed by atoms with Crippen molar-refractivity contribution in [3.05, 3.63) is 35.4 Å². The van der Waals surface area contributed by atoms with Gasteiger partial charge in [0.2, 0.25) is 5.91 Å². The molecule has 0 aliphatic carbocycles. The zero-order valence-electron chi connectivity index (χ0n) is 11.5. The Balaban J connectivity index is 0.00000180. The Kier molecular flexibility index (Phi) is 9.59. The fourth-order valence-corrected chi connectivity index (χ4v) is 2.31. The maximum absolute atomic E-state index is 11.1. The summed E-state index contributed by atoms with van der Waals surface area (Å²) in [5.41, 5.74) is 7.71. The van der Waals surface area contributed by atoms with Crippen LogP contribution in [0.25, 0.3) is 0 Å². The van der Waals surface area contributed by atoms with Crippen molar-refractivity contribution >= 4 is 30.7 Å². The zero-order chi connectivity index (χ0) is 12.8. The molecule has 2 rings (SSSR count). The topological polar surface area (TPSA) is 58.4 Å². The van der Waals surface area contributed by atoms with Gasteiger partial charge in [-0.1, -0.05) is 24.3 Å². The molecule has 3 N–H and O–H groups in total. The normalized spacial score (nSPS) is 14.2. The van der Waals surface area contributed by atoms with Gasteiger partial charge in [-0.15, -0.1) is 24.8 Å². The van der Waals surface area contributed by atoms with E-state index in [2.05, 4.69) is 28.4 Å². The summed E-state index contributed by atoms with van der Waals surface area (Å²) in [7, 11) is 0. The Labute approximate surface area is 132 Å². The van der Waals surface area contributed by atoms with E-state index < -0.39 is 0 Å². The molecular formula is C14H23Cl2N3O. The van der Waals surface area contributed by atoms with Crippen LogP contribution in [0.5, 0.6) is 0 Å². The minimum Gasteiger partial charge on any atom is -0.351 e. The van der Waals surface area contributed by atoms with Gasteiger partial charge < -0.3 is 11.1 Å². The highest BCUT2D eigenvalue weighted by Gasteiger charge is 2.11. The van der Waals surface area contributed by atoms with E-state index >= 15 is 0 Å². The molecule has 6 heteroatoms. The van der Waals surface area contributed by atoms with E-state index in [0.29, 0.717) is 6.54 Å². The molecule has 1 aliphatic rings. The van der Waals surface area contributed by atoms with Crippen molar-refractivity contribution in [3.63, 3.8) is 0 Å². The number of benzene rings is 1. The molecule has 4 nitrogen and oxygen atoms in total. The van der Waals surface area contributed by atoms with Crippen LogP contribution < -0.4 is 11.1 Å². The molecule has 1 fully saturated rings. The average Bonchev–Trinajstić information content (AvgIpc) is 2.89. The lowest BCUT2D eigenvalue weighted by atomic mass is 10.1. The van der Waals surface area contributed by atoms with Crippen LogP contribution in [-0.2, 0) is 17.9 Å². The highest BCUT2D eigenvalue weighted by molar-refractivity contribution is 5.85. The SMILES string of the molecule is Cl.Cl.NCC(=O)NCc1cccc(CN2CCCC2)c1. The highest BCUT2D eigenvalue weighted by atomic mass is 35.5. The van der Waals surface area contributed by atoms with Gasteiger partial charge in [0.05, 0.1) is 6.54 Å². The Morgan fingerprint density at radius 2 is 1.85 bits per heavy atom. The summed E-state index contributed by atoms with van der Waals surface area (Å²) in [6.45, 7) is 4.03. The van der Waals surface area contributed by atoms with E-state index in [-0.39, 0.29) is 37.3 Å². The third-order valence-electron chi connectivity index (χ3n) is 3.27. The number of amides is 1. The van der Waals surface area contributed by atoms with Crippen LogP contribution in [0.2, 0.25) is 0 Å². The Morgan fingerprint density at radius 3 is 2.50 bits per heavy atom. The number of hydrogen-bond acceptors (Lipinski definition) is 3. The fraction of sp³-hybridized carbons (Fsp3) is 0.500. The van der Waals surface area contributed by atoms with Crippen molar-refractivity contribution in [2.75, 3.05) is 19.6 Å². The lowest BCUT2D eigenvalue weighted by Crippen LogP contribution is -2.29. The van der Waals surface area contributed by atoms with Crippen LogP contribution >= 0.6 is 24.8 Å². The second kappa shape index (κ2) is 10.00. The first-order valence-corrected chi connectivity index (χ1v) is 6.55. The van der Waals surface area contributed by atoms with Gasteiger partial charge >= 0.3 is 0 Å². The Bertz CT molecular complexity index is 409. The number of halogens is 2. The van der Waals surface area contributed by atoms with Crippen LogP contribution in [0.3, 0.4) is 0 Å². The largest absolute Gasteiger partial charge is 0.351 e. The van der Waals surface area contributed by atoms with E-state index in [1.54, 1.807) is 0 Å². The second-order valence-corrected chi connectivity index (χ2v) is 4.78. The van der Waals surface area contributed by atoms with E-state index in [9.17, 15) is 4.79 Å². The molecule has 0 atom stereocenters. The zero-order valence-corrected chi connectivity index (χ0v) is 13.1. The fourth-order valence-electron chi connectivity index (χ4n) is 2.31. The number of likely N-dealkylation sites (tertiary alicyclic amines) is 1. The molecule has 20 heavy (non-hydrogen) atoms. The summed E-state index contributed by atoms with van der Waals surface area (Å²) in [5, 5.41) is 2.79. The van der Waals surface area contributed by atoms with Crippen molar-refractivity contribution in [1.29, 1.82) is 0 Å². The molecule has 0 spiro atoms. The van der Waals surface area contributed by atoms with Gasteiger partial charge in [0, 0.05) is 13.1 Å². The van der Waals surface area contributed by atoms with Gasteiger partial charge in [-0.3, -0.25) is 9.69 Å². The molecule has 0 bridgehead atoms. The molecule has 1 aromatic carbocycles. The molecule has 1 aromatic rings. The predicted octanol–water partition coefficient (Wildman–Crippen LogP) is 1.70. The van der Waals surface area contributed by atoms with E-state index in [1.807, 2.05) is 6.07 Å². The maximum atomic E-state index is 11.1. The summed E-state index contributed by atoms with van der Waals surface area (Å²) < 4.78 is 0. The summed E-state index contributed by atoms with van der Waals surface area (Å²) in [6, 6.07) is 8.39. The van der Waals surface area contributed by atoms with Crippen LogP contribution in [0.1, 0.15) is 24.0 Å². The van der Waals surface area contributed by atoms with Crippen molar-refractivity contribution < 1.29 is 4.79 Å². The monoisotopic (exact) mass is 319 g/mol. The van der Waals surface area contributed by atoms with Gasteiger partial charge in [0.25, 0.3) is 0 Å². The number of nitrogens with two attached hydrogens (primary N) is 1. The van der Waals surface area contributed by atoms with Crippen molar-refractivity contribution in [3.8, 4) is 0 Å². The molecule has 1 aliphatic heterocycles. The molecule has 0 radical (unpaired) electrons. The van der Waals surface area contributed by atoms with Gasteiger partial charge in [-0.2, -0.15) is 0 Å². The molecule has 1 amide bonds. The third kappa shape index (κ3) is 6.09. The summed E-state index contributed by atoms with van der Waals surface area (Å²) in [6.07, 6.45) is 2.62. The first-order valence-electron chi connectivity index (χ1n) is 6.55. The number of rotatable bonds is 5. The number of carbonyl (C=O) groups excluding carboxylic acids is 1. The Hall–Kier alpha value is -0.810. The number of nitrogens with zero attached hydrogens (tertiary/aromatic N) is 1. The first kappa shape index (κ1) is 19.2. The predicted molar refractivity (Wildman–Crippen MR) is 86.4 cm³/mol. The smallest absolute Gasteiger partial charge is 0.234 e. The minimum absolute atomic E-state index is 0. The van der Waals surface area contributed by atoms with E-state index in [4.69, 9.17) is 5.73 Å². The minimum atomic E-state index is -0.111. The van der Waals surface area contributed by atoms with Crippen molar-refractivity contribution in [2.24, 2.45) is 5.73 Å². The maximum Gasteiger partial charge on any atom is 0.234 e. The molecule has 0 aromatic heterocycles. The average molecular weight is 320 g/mol. The molecule has 114 valence electrons. The molecule has 0 saturated carbocycles. The molecule has 1 saturated heterocycles. The molecular weight excluding hydrogens is 297 g/mol. The highest BCUT2D eigenvalue weighted by Crippen LogP contribution is 2.13.